The molecule has 0 aliphatic rings. The van der Waals surface area contributed by atoms with Crippen LogP contribution in [0.1, 0.15) is 10.4 Å². The lowest BCUT2D eigenvalue weighted by molar-refractivity contribution is 1.09. The summed E-state index contributed by atoms with van der Waals surface area (Å²) in [6.07, 6.45) is 0. The number of hydrogen-bond acceptors (Lipinski definition) is 6. The van der Waals surface area contributed by atoms with Crippen molar-refractivity contribution >= 4 is 49.2 Å². The molecule has 5 nitrogen and oxygen atoms in total. The van der Waals surface area contributed by atoms with Crippen molar-refractivity contribution in [3.05, 3.63) is 45.2 Å². The van der Waals surface area contributed by atoms with E-state index >= 15 is 0 Å². The molecule has 0 bridgehead atoms. The predicted octanol–water partition coefficient (Wildman–Crippen LogP) is 3.66. The molecule has 108 valence electrons. The molecule has 0 radical (unpaired) electrons. The van der Waals surface area contributed by atoms with Gasteiger partial charge in [0.1, 0.15) is 10.6 Å². The van der Waals surface area contributed by atoms with Crippen molar-refractivity contribution in [3.8, 4) is 0 Å². The van der Waals surface area contributed by atoms with Crippen LogP contribution in [0.15, 0.2) is 34.8 Å². The predicted molar refractivity (Wildman–Crippen MR) is 91.4 cm³/mol. The molecule has 7 heteroatoms. The number of aryl methyl sites for hydroxylation is 1. The average molecular weight is 364 g/mol. The van der Waals surface area contributed by atoms with E-state index in [0.717, 1.165) is 20.5 Å². The Hall–Kier alpha value is -1.70. The van der Waals surface area contributed by atoms with Gasteiger partial charge in [0, 0.05) is 15.9 Å². The van der Waals surface area contributed by atoms with Crippen molar-refractivity contribution < 1.29 is 0 Å². The summed E-state index contributed by atoms with van der Waals surface area (Å²) < 4.78 is 1.07. The Balaban J connectivity index is 1.94. The van der Waals surface area contributed by atoms with E-state index in [4.69, 9.17) is 5.84 Å². The molecule has 0 unspecified atom stereocenters. The SMILES string of the molecule is Cc1cc2c(NCc3ccccc3Br)nc(NN)nc2s1. The van der Waals surface area contributed by atoms with Crippen LogP contribution in [0.3, 0.4) is 0 Å². The molecule has 0 saturated carbocycles. The molecule has 0 fully saturated rings. The van der Waals surface area contributed by atoms with Crippen molar-refractivity contribution in [2.24, 2.45) is 5.84 Å². The number of anilines is 2. The van der Waals surface area contributed by atoms with Gasteiger partial charge in [0.05, 0.1) is 5.39 Å². The number of rotatable bonds is 4. The molecule has 0 amide bonds. The van der Waals surface area contributed by atoms with E-state index in [0.29, 0.717) is 12.5 Å². The number of fused-ring (bicyclic) bond motifs is 1. The highest BCUT2D eigenvalue weighted by Crippen LogP contribution is 2.30. The van der Waals surface area contributed by atoms with Crippen LogP contribution in [0.5, 0.6) is 0 Å². The molecule has 0 atom stereocenters. The summed E-state index contributed by atoms with van der Waals surface area (Å²) >= 11 is 5.17. The number of nitrogens with two attached hydrogens (primary N) is 1. The Labute approximate surface area is 134 Å². The van der Waals surface area contributed by atoms with Gasteiger partial charge in [-0.1, -0.05) is 34.1 Å². The van der Waals surface area contributed by atoms with Gasteiger partial charge in [0.25, 0.3) is 0 Å². The quantitative estimate of drug-likeness (QED) is 0.487. The van der Waals surface area contributed by atoms with E-state index in [9.17, 15) is 0 Å². The highest BCUT2D eigenvalue weighted by atomic mass is 79.9. The third-order valence-corrected chi connectivity index (χ3v) is 4.77. The van der Waals surface area contributed by atoms with E-state index in [2.05, 4.69) is 55.7 Å². The molecule has 21 heavy (non-hydrogen) atoms. The van der Waals surface area contributed by atoms with Gasteiger partial charge < -0.3 is 5.32 Å². The second-order valence-electron chi connectivity index (χ2n) is 4.56. The summed E-state index contributed by atoms with van der Waals surface area (Å²) in [6, 6.07) is 10.2. The second-order valence-corrected chi connectivity index (χ2v) is 6.65. The zero-order valence-electron chi connectivity index (χ0n) is 11.4. The fourth-order valence-corrected chi connectivity index (χ4v) is 3.37. The Bertz CT molecular complexity index is 786. The van der Waals surface area contributed by atoms with Gasteiger partial charge in [0.15, 0.2) is 0 Å². The fraction of sp³-hybridized carbons (Fsp3) is 0.143. The van der Waals surface area contributed by atoms with Crippen molar-refractivity contribution in [2.45, 2.75) is 13.5 Å². The molecule has 1 aromatic carbocycles. The first-order valence-corrected chi connectivity index (χ1v) is 8.00. The second kappa shape index (κ2) is 5.97. The van der Waals surface area contributed by atoms with Gasteiger partial charge >= 0.3 is 0 Å². The highest BCUT2D eigenvalue weighted by molar-refractivity contribution is 9.10. The Morgan fingerprint density at radius 1 is 1.29 bits per heavy atom. The lowest BCUT2D eigenvalue weighted by atomic mass is 10.2. The largest absolute Gasteiger partial charge is 0.365 e. The summed E-state index contributed by atoms with van der Waals surface area (Å²) in [6.45, 7) is 2.73. The van der Waals surface area contributed by atoms with E-state index in [1.54, 1.807) is 11.3 Å². The Morgan fingerprint density at radius 2 is 2.10 bits per heavy atom. The van der Waals surface area contributed by atoms with Crippen molar-refractivity contribution in [1.29, 1.82) is 0 Å². The van der Waals surface area contributed by atoms with Crippen LogP contribution in [-0.2, 0) is 6.54 Å². The first-order chi connectivity index (χ1) is 10.2. The number of benzene rings is 1. The number of nitrogens with one attached hydrogen (secondary N) is 2. The molecular formula is C14H14BrN5S. The Morgan fingerprint density at radius 3 is 2.86 bits per heavy atom. The molecule has 0 aliphatic heterocycles. The molecule has 0 spiro atoms. The number of nitrogen functional groups attached to an aromatic ring is 1. The van der Waals surface area contributed by atoms with Gasteiger partial charge in [0.2, 0.25) is 5.95 Å². The van der Waals surface area contributed by atoms with Crippen LogP contribution >= 0.6 is 27.3 Å². The third-order valence-electron chi connectivity index (χ3n) is 3.05. The minimum atomic E-state index is 0.416. The van der Waals surface area contributed by atoms with Gasteiger partial charge in [-0.05, 0) is 24.6 Å². The van der Waals surface area contributed by atoms with Gasteiger partial charge in [-0.25, -0.2) is 10.8 Å². The normalized spacial score (nSPS) is 10.8. The van der Waals surface area contributed by atoms with E-state index in [-0.39, 0.29) is 0 Å². The van der Waals surface area contributed by atoms with Gasteiger partial charge in [-0.2, -0.15) is 4.98 Å². The summed E-state index contributed by atoms with van der Waals surface area (Å²) in [5.41, 5.74) is 3.68. The minimum absolute atomic E-state index is 0.416. The van der Waals surface area contributed by atoms with Gasteiger partial charge in [-0.15, -0.1) is 11.3 Å². The smallest absolute Gasteiger partial charge is 0.240 e. The number of hydrogen-bond donors (Lipinski definition) is 3. The summed E-state index contributed by atoms with van der Waals surface area (Å²) in [5, 5.41) is 4.38. The number of halogens is 1. The molecule has 0 aliphatic carbocycles. The summed E-state index contributed by atoms with van der Waals surface area (Å²) in [7, 11) is 0. The first kappa shape index (κ1) is 14.2. The minimum Gasteiger partial charge on any atom is -0.365 e. The standard InChI is InChI=1S/C14H14BrN5S/c1-8-6-10-12(18-14(20-16)19-13(10)21-8)17-7-9-4-2-3-5-11(9)15/h2-6H,7,16H2,1H3,(H2,17,18,19,20). The molecule has 4 N–H and O–H groups in total. The molecule has 0 saturated heterocycles. The van der Waals surface area contributed by atoms with Gasteiger partial charge in [-0.3, -0.25) is 5.43 Å². The van der Waals surface area contributed by atoms with Crippen LogP contribution in [0, 0.1) is 6.92 Å². The third kappa shape index (κ3) is 2.99. The first-order valence-electron chi connectivity index (χ1n) is 6.39. The monoisotopic (exact) mass is 363 g/mol. The van der Waals surface area contributed by atoms with Crippen LogP contribution in [0.25, 0.3) is 10.2 Å². The highest BCUT2D eigenvalue weighted by Gasteiger charge is 2.10. The van der Waals surface area contributed by atoms with E-state index in [1.165, 1.54) is 10.4 Å². The molecule has 2 aromatic heterocycles. The summed E-state index contributed by atoms with van der Waals surface area (Å²) in [4.78, 5) is 10.9. The Kier molecular flexibility index (Phi) is 4.05. The van der Waals surface area contributed by atoms with Crippen LogP contribution in [0.2, 0.25) is 0 Å². The van der Waals surface area contributed by atoms with Crippen molar-refractivity contribution in [3.63, 3.8) is 0 Å². The molecular weight excluding hydrogens is 350 g/mol. The molecule has 3 aromatic rings. The van der Waals surface area contributed by atoms with Crippen LogP contribution < -0.4 is 16.6 Å². The maximum absolute atomic E-state index is 5.44. The molecule has 3 rings (SSSR count). The maximum atomic E-state index is 5.44. The lowest BCUT2D eigenvalue weighted by Crippen LogP contribution is -2.12. The fourth-order valence-electron chi connectivity index (χ4n) is 2.06. The lowest BCUT2D eigenvalue weighted by Gasteiger charge is -2.09. The summed E-state index contributed by atoms with van der Waals surface area (Å²) in [5.74, 6) is 6.64. The topological polar surface area (TPSA) is 75.9 Å². The number of aromatic nitrogens is 2. The van der Waals surface area contributed by atoms with Crippen LogP contribution in [0.4, 0.5) is 11.8 Å². The average Bonchev–Trinajstić information content (AvgIpc) is 2.86. The number of hydrazine groups is 1. The van der Waals surface area contributed by atoms with Crippen molar-refractivity contribution in [2.75, 3.05) is 10.7 Å². The number of nitrogens with zero attached hydrogens (tertiary/aromatic N) is 2. The number of thiophene rings is 1. The van der Waals surface area contributed by atoms with Crippen molar-refractivity contribution in [1.82, 2.24) is 9.97 Å². The van der Waals surface area contributed by atoms with E-state index in [1.807, 2.05) is 18.2 Å². The maximum Gasteiger partial charge on any atom is 0.240 e. The van der Waals surface area contributed by atoms with E-state index < -0.39 is 0 Å². The van der Waals surface area contributed by atoms with Crippen LogP contribution in [-0.4, -0.2) is 9.97 Å². The molecule has 2 heterocycles. The zero-order chi connectivity index (χ0) is 14.8. The zero-order valence-corrected chi connectivity index (χ0v) is 13.8.